The fourth-order valence-electron chi connectivity index (χ4n) is 2.38. The van der Waals surface area contributed by atoms with Crippen molar-refractivity contribution < 1.29 is 13.2 Å². The van der Waals surface area contributed by atoms with Crippen molar-refractivity contribution in [2.75, 3.05) is 18.4 Å². The highest BCUT2D eigenvalue weighted by Gasteiger charge is 2.30. The van der Waals surface area contributed by atoms with Gasteiger partial charge in [-0.1, -0.05) is 13.0 Å². The molecule has 0 bridgehead atoms. The molecule has 0 aliphatic carbocycles. The van der Waals surface area contributed by atoms with Crippen LogP contribution in [0, 0.1) is 16.7 Å². The van der Waals surface area contributed by atoms with Crippen LogP contribution in [0.4, 0.5) is 18.9 Å². The molecule has 1 aromatic rings. The Labute approximate surface area is 132 Å². The van der Waals surface area contributed by atoms with Crippen LogP contribution in [0.3, 0.4) is 0 Å². The Bertz CT molecular complexity index is 577. The van der Waals surface area contributed by atoms with Crippen molar-refractivity contribution in [1.29, 1.82) is 10.8 Å². The largest absolute Gasteiger partial charge is 0.416 e. The zero-order valence-corrected chi connectivity index (χ0v) is 12.8. The van der Waals surface area contributed by atoms with Crippen molar-refractivity contribution in [2.45, 2.75) is 25.9 Å². The number of nitrogens with zero attached hydrogens (tertiary/aromatic N) is 1. The second-order valence-electron chi connectivity index (χ2n) is 5.72. The predicted molar refractivity (Wildman–Crippen MR) is 83.6 cm³/mol. The molecule has 1 saturated heterocycles. The van der Waals surface area contributed by atoms with Gasteiger partial charge in [0.1, 0.15) is 0 Å². The summed E-state index contributed by atoms with van der Waals surface area (Å²) in [7, 11) is 0. The average Bonchev–Trinajstić information content (AvgIpc) is 2.47. The topological polar surface area (TPSA) is 75.0 Å². The summed E-state index contributed by atoms with van der Waals surface area (Å²) >= 11 is 0. The molecule has 8 heteroatoms. The number of piperidine rings is 1. The van der Waals surface area contributed by atoms with Gasteiger partial charge in [0.25, 0.3) is 0 Å². The van der Waals surface area contributed by atoms with Crippen LogP contribution in [0.15, 0.2) is 24.3 Å². The number of anilines is 1. The third kappa shape index (κ3) is 4.87. The van der Waals surface area contributed by atoms with Crippen molar-refractivity contribution >= 4 is 17.6 Å². The fourth-order valence-corrected chi connectivity index (χ4v) is 2.38. The number of benzene rings is 1. The molecule has 1 aromatic carbocycles. The van der Waals surface area contributed by atoms with E-state index in [2.05, 4.69) is 17.6 Å². The van der Waals surface area contributed by atoms with Gasteiger partial charge in [0.2, 0.25) is 0 Å². The molecule has 0 unspecified atom stereocenters. The van der Waals surface area contributed by atoms with Crippen molar-refractivity contribution in [1.82, 2.24) is 10.2 Å². The van der Waals surface area contributed by atoms with E-state index in [0.29, 0.717) is 5.92 Å². The van der Waals surface area contributed by atoms with Crippen LogP contribution >= 0.6 is 0 Å². The molecule has 2 rings (SSSR count). The van der Waals surface area contributed by atoms with Gasteiger partial charge in [-0.05, 0) is 37.0 Å². The molecule has 1 fully saturated rings. The number of guanidine groups is 2. The van der Waals surface area contributed by atoms with Crippen molar-refractivity contribution in [3.8, 4) is 0 Å². The molecule has 0 radical (unpaired) electrons. The van der Waals surface area contributed by atoms with Crippen LogP contribution in [0.1, 0.15) is 25.3 Å². The maximum atomic E-state index is 12.7. The van der Waals surface area contributed by atoms with Crippen LogP contribution in [0.25, 0.3) is 0 Å². The summed E-state index contributed by atoms with van der Waals surface area (Å²) in [6, 6.07) is 4.62. The summed E-state index contributed by atoms with van der Waals surface area (Å²) in [6.07, 6.45) is -2.46. The lowest BCUT2D eigenvalue weighted by molar-refractivity contribution is -0.137. The first-order valence-corrected chi connectivity index (χ1v) is 7.39. The van der Waals surface area contributed by atoms with Gasteiger partial charge in [0.05, 0.1) is 5.56 Å². The van der Waals surface area contributed by atoms with E-state index in [4.69, 9.17) is 10.8 Å². The number of hydrogen-bond donors (Lipinski definition) is 4. The van der Waals surface area contributed by atoms with Crippen LogP contribution in [-0.4, -0.2) is 29.9 Å². The van der Waals surface area contributed by atoms with Crippen LogP contribution in [-0.2, 0) is 6.18 Å². The molecule has 0 amide bonds. The summed E-state index contributed by atoms with van der Waals surface area (Å²) in [6.45, 7) is 3.64. The number of alkyl halides is 3. The molecule has 126 valence electrons. The number of nitrogens with one attached hydrogen (secondary N) is 4. The normalized spacial score (nSPS) is 16.1. The summed E-state index contributed by atoms with van der Waals surface area (Å²) in [5, 5.41) is 20.8. The van der Waals surface area contributed by atoms with Gasteiger partial charge < -0.3 is 10.2 Å². The number of rotatable bonds is 1. The summed E-state index contributed by atoms with van der Waals surface area (Å²) in [4.78, 5) is 1.82. The Balaban J connectivity index is 1.91. The third-order valence-corrected chi connectivity index (χ3v) is 3.80. The van der Waals surface area contributed by atoms with Gasteiger partial charge >= 0.3 is 6.18 Å². The van der Waals surface area contributed by atoms with Crippen molar-refractivity contribution in [2.24, 2.45) is 5.92 Å². The number of likely N-dealkylation sites (tertiary alicyclic amines) is 1. The van der Waals surface area contributed by atoms with Gasteiger partial charge in [0, 0.05) is 18.8 Å². The smallest absolute Gasteiger partial charge is 0.343 e. The van der Waals surface area contributed by atoms with Gasteiger partial charge in [0.15, 0.2) is 11.9 Å². The number of hydrogen-bond acceptors (Lipinski definition) is 2. The lowest BCUT2D eigenvalue weighted by Gasteiger charge is -2.32. The maximum Gasteiger partial charge on any atom is 0.416 e. The van der Waals surface area contributed by atoms with Crippen molar-refractivity contribution in [3.05, 3.63) is 29.8 Å². The third-order valence-electron chi connectivity index (χ3n) is 3.80. The Morgan fingerprint density at radius 2 is 1.87 bits per heavy atom. The Morgan fingerprint density at radius 1 is 1.22 bits per heavy atom. The monoisotopic (exact) mass is 327 g/mol. The highest BCUT2D eigenvalue weighted by Crippen LogP contribution is 2.30. The van der Waals surface area contributed by atoms with Gasteiger partial charge in [-0.15, -0.1) is 0 Å². The molecular weight excluding hydrogens is 307 g/mol. The predicted octanol–water partition coefficient (Wildman–Crippen LogP) is 3.31. The summed E-state index contributed by atoms with van der Waals surface area (Å²) in [5.74, 6) is 0.482. The van der Waals surface area contributed by atoms with E-state index < -0.39 is 11.7 Å². The van der Waals surface area contributed by atoms with Crippen LogP contribution < -0.4 is 10.6 Å². The minimum Gasteiger partial charge on any atom is -0.343 e. The minimum atomic E-state index is -4.43. The molecule has 5 nitrogen and oxygen atoms in total. The van der Waals surface area contributed by atoms with Crippen LogP contribution in [0.2, 0.25) is 0 Å². The summed E-state index contributed by atoms with van der Waals surface area (Å²) < 4.78 is 38.0. The Morgan fingerprint density at radius 3 is 2.48 bits per heavy atom. The fraction of sp³-hybridized carbons (Fsp3) is 0.467. The number of halogens is 3. The molecule has 1 heterocycles. The van der Waals surface area contributed by atoms with E-state index in [1.165, 1.54) is 12.1 Å². The van der Waals surface area contributed by atoms with E-state index in [9.17, 15) is 13.2 Å². The highest BCUT2D eigenvalue weighted by atomic mass is 19.4. The molecule has 0 atom stereocenters. The molecule has 0 aromatic heterocycles. The lowest BCUT2D eigenvalue weighted by Crippen LogP contribution is -2.48. The van der Waals surface area contributed by atoms with E-state index in [1.807, 2.05) is 4.90 Å². The quantitative estimate of drug-likeness (QED) is 0.472. The van der Waals surface area contributed by atoms with E-state index >= 15 is 0 Å². The first-order valence-electron chi connectivity index (χ1n) is 7.39. The zero-order valence-electron chi connectivity index (χ0n) is 12.8. The molecule has 4 N–H and O–H groups in total. The standard InChI is InChI=1S/C15H20F3N5/c1-10-5-7-23(8-6-10)14(20)22-13(19)21-12-4-2-3-11(9-12)15(16,17)18/h2-4,9-10H,5-8H2,1H3,(H4,19,20,21,22). The highest BCUT2D eigenvalue weighted by molar-refractivity contribution is 6.02. The second-order valence-corrected chi connectivity index (χ2v) is 5.72. The lowest BCUT2D eigenvalue weighted by atomic mass is 10.00. The van der Waals surface area contributed by atoms with Gasteiger partial charge in [-0.25, -0.2) is 0 Å². The molecule has 1 aliphatic rings. The second kappa shape index (κ2) is 6.89. The van der Waals surface area contributed by atoms with E-state index in [-0.39, 0.29) is 17.6 Å². The minimum absolute atomic E-state index is 0.0846. The van der Waals surface area contributed by atoms with Crippen molar-refractivity contribution in [3.63, 3.8) is 0 Å². The first kappa shape index (κ1) is 17.1. The zero-order chi connectivity index (χ0) is 17.0. The molecule has 0 saturated carbocycles. The summed E-state index contributed by atoms with van der Waals surface area (Å²) in [5.41, 5.74) is -0.632. The molecule has 0 spiro atoms. The van der Waals surface area contributed by atoms with Gasteiger partial charge in [-0.2, -0.15) is 13.2 Å². The Kier molecular flexibility index (Phi) is 5.12. The Hall–Kier alpha value is -2.25. The first-order chi connectivity index (χ1) is 10.8. The molecular formula is C15H20F3N5. The van der Waals surface area contributed by atoms with E-state index in [0.717, 1.165) is 38.1 Å². The van der Waals surface area contributed by atoms with Crippen LogP contribution in [0.5, 0.6) is 0 Å². The molecule has 23 heavy (non-hydrogen) atoms. The maximum absolute atomic E-state index is 12.7. The average molecular weight is 327 g/mol. The SMILES string of the molecule is CC1CCN(C(=N)NC(=N)Nc2cccc(C(F)(F)F)c2)CC1. The molecule has 1 aliphatic heterocycles. The van der Waals surface area contributed by atoms with Gasteiger partial charge in [-0.3, -0.25) is 16.1 Å². The van der Waals surface area contributed by atoms with E-state index in [1.54, 1.807) is 0 Å².